The minimum atomic E-state index is -0.0264. The summed E-state index contributed by atoms with van der Waals surface area (Å²) in [4.78, 5) is 10.3. The van der Waals surface area contributed by atoms with Gasteiger partial charge in [0.05, 0.1) is 6.42 Å². The van der Waals surface area contributed by atoms with Crippen molar-refractivity contribution in [2.45, 2.75) is 45.1 Å². The van der Waals surface area contributed by atoms with Gasteiger partial charge in [0, 0.05) is 0 Å². The highest BCUT2D eigenvalue weighted by molar-refractivity contribution is 5.75. The number of ether oxygens (including phenoxy) is 1. The summed E-state index contributed by atoms with van der Waals surface area (Å²) in [5.41, 5.74) is 0. The smallest absolute Gasteiger partial charge is 0.309 e. The number of hydrogen-bond acceptors (Lipinski definition) is 2. The SMILES string of the molecule is CCCCC[C@@H]1CC(=O)O1. The van der Waals surface area contributed by atoms with Crippen LogP contribution in [0.2, 0.25) is 0 Å². The number of carbonyl (C=O) groups excluding carboxylic acids is 1. The zero-order chi connectivity index (χ0) is 7.40. The van der Waals surface area contributed by atoms with Crippen molar-refractivity contribution in [3.8, 4) is 0 Å². The van der Waals surface area contributed by atoms with Gasteiger partial charge in [0.2, 0.25) is 0 Å². The van der Waals surface area contributed by atoms with Gasteiger partial charge in [0.15, 0.2) is 0 Å². The molecule has 0 amide bonds. The number of unbranched alkanes of at least 4 members (excludes halogenated alkanes) is 2. The van der Waals surface area contributed by atoms with Crippen LogP contribution in [-0.2, 0) is 9.53 Å². The van der Waals surface area contributed by atoms with Gasteiger partial charge in [0.1, 0.15) is 6.10 Å². The fraction of sp³-hybridized carbons (Fsp3) is 0.875. The van der Waals surface area contributed by atoms with Crippen molar-refractivity contribution in [2.75, 3.05) is 0 Å². The molecular formula is C8H14O2. The Labute approximate surface area is 61.6 Å². The lowest BCUT2D eigenvalue weighted by molar-refractivity contribution is -0.169. The van der Waals surface area contributed by atoms with Crippen molar-refractivity contribution in [1.29, 1.82) is 0 Å². The molecule has 0 aromatic carbocycles. The molecule has 58 valence electrons. The predicted octanol–water partition coefficient (Wildman–Crippen LogP) is 1.88. The third-order valence-electron chi connectivity index (χ3n) is 1.82. The maximum absolute atomic E-state index is 10.3. The summed E-state index contributed by atoms with van der Waals surface area (Å²) in [6.07, 6.45) is 5.69. The van der Waals surface area contributed by atoms with Crippen molar-refractivity contribution >= 4 is 5.97 Å². The number of cyclic esters (lactones) is 1. The van der Waals surface area contributed by atoms with Crippen LogP contribution in [0.15, 0.2) is 0 Å². The van der Waals surface area contributed by atoms with Crippen molar-refractivity contribution in [3.05, 3.63) is 0 Å². The van der Waals surface area contributed by atoms with E-state index in [4.69, 9.17) is 4.74 Å². The lowest BCUT2D eigenvalue weighted by atomic mass is 10.1. The predicted molar refractivity (Wildman–Crippen MR) is 38.6 cm³/mol. The van der Waals surface area contributed by atoms with Gasteiger partial charge in [-0.05, 0) is 12.8 Å². The lowest BCUT2D eigenvalue weighted by Crippen LogP contribution is -2.32. The van der Waals surface area contributed by atoms with E-state index in [9.17, 15) is 4.79 Å². The highest BCUT2D eigenvalue weighted by atomic mass is 16.6. The Bertz CT molecular complexity index is 112. The van der Waals surface area contributed by atoms with E-state index >= 15 is 0 Å². The number of esters is 1. The minimum Gasteiger partial charge on any atom is -0.462 e. The summed E-state index contributed by atoms with van der Waals surface area (Å²) in [7, 11) is 0. The molecule has 1 rings (SSSR count). The fourth-order valence-corrected chi connectivity index (χ4v) is 1.15. The molecule has 1 saturated heterocycles. The van der Waals surface area contributed by atoms with Gasteiger partial charge in [0.25, 0.3) is 0 Å². The van der Waals surface area contributed by atoms with Gasteiger partial charge in [-0.1, -0.05) is 19.8 Å². The molecule has 0 aromatic heterocycles. The molecule has 1 heterocycles. The van der Waals surface area contributed by atoms with Crippen LogP contribution in [0.25, 0.3) is 0 Å². The van der Waals surface area contributed by atoms with Crippen LogP contribution >= 0.6 is 0 Å². The third kappa shape index (κ3) is 2.01. The Morgan fingerprint density at radius 1 is 1.60 bits per heavy atom. The Morgan fingerprint density at radius 2 is 2.30 bits per heavy atom. The Kier molecular flexibility index (Phi) is 2.72. The molecule has 0 spiro atoms. The molecule has 1 fully saturated rings. The molecule has 2 heteroatoms. The molecule has 0 radical (unpaired) electrons. The van der Waals surface area contributed by atoms with Gasteiger partial charge >= 0.3 is 5.97 Å². The quantitative estimate of drug-likeness (QED) is 0.442. The van der Waals surface area contributed by atoms with Gasteiger partial charge in [-0.2, -0.15) is 0 Å². The summed E-state index contributed by atoms with van der Waals surface area (Å²) < 4.78 is 4.85. The van der Waals surface area contributed by atoms with Crippen molar-refractivity contribution in [2.24, 2.45) is 0 Å². The molecule has 0 bridgehead atoms. The molecule has 0 aliphatic carbocycles. The summed E-state index contributed by atoms with van der Waals surface area (Å²) >= 11 is 0. The number of carbonyl (C=O) groups is 1. The molecule has 0 aromatic rings. The average molecular weight is 142 g/mol. The van der Waals surface area contributed by atoms with Crippen molar-refractivity contribution in [3.63, 3.8) is 0 Å². The van der Waals surface area contributed by atoms with Gasteiger partial charge in [-0.15, -0.1) is 0 Å². The van der Waals surface area contributed by atoms with Crippen LogP contribution < -0.4 is 0 Å². The highest BCUT2D eigenvalue weighted by Gasteiger charge is 2.26. The summed E-state index contributed by atoms with van der Waals surface area (Å²) in [6.45, 7) is 2.17. The van der Waals surface area contributed by atoms with E-state index in [-0.39, 0.29) is 12.1 Å². The molecule has 0 saturated carbocycles. The fourth-order valence-electron chi connectivity index (χ4n) is 1.15. The molecule has 1 atom stereocenters. The van der Waals surface area contributed by atoms with Crippen LogP contribution in [0.4, 0.5) is 0 Å². The first kappa shape index (κ1) is 7.58. The highest BCUT2D eigenvalue weighted by Crippen LogP contribution is 2.19. The molecule has 2 nitrogen and oxygen atoms in total. The van der Waals surface area contributed by atoms with E-state index in [0.29, 0.717) is 6.42 Å². The van der Waals surface area contributed by atoms with Crippen LogP contribution in [-0.4, -0.2) is 12.1 Å². The standard InChI is InChI=1S/C8H14O2/c1-2-3-4-5-7-6-8(9)10-7/h7H,2-6H2,1H3/t7-/m1/s1. The number of hydrogen-bond donors (Lipinski definition) is 0. The molecule has 0 unspecified atom stereocenters. The maximum Gasteiger partial charge on any atom is 0.309 e. The third-order valence-corrected chi connectivity index (χ3v) is 1.82. The largest absolute Gasteiger partial charge is 0.462 e. The van der Waals surface area contributed by atoms with E-state index in [1.165, 1.54) is 19.3 Å². The van der Waals surface area contributed by atoms with Crippen molar-refractivity contribution in [1.82, 2.24) is 0 Å². The van der Waals surface area contributed by atoms with E-state index in [1.54, 1.807) is 0 Å². The van der Waals surface area contributed by atoms with E-state index in [2.05, 4.69) is 6.92 Å². The first-order valence-electron chi connectivity index (χ1n) is 4.02. The molecule has 0 N–H and O–H groups in total. The maximum atomic E-state index is 10.3. The topological polar surface area (TPSA) is 26.3 Å². The second-order valence-corrected chi connectivity index (χ2v) is 2.81. The monoisotopic (exact) mass is 142 g/mol. The average Bonchev–Trinajstić information content (AvgIpc) is 1.85. The minimum absolute atomic E-state index is 0.0264. The molecule has 1 aliphatic heterocycles. The lowest BCUT2D eigenvalue weighted by Gasteiger charge is -2.25. The molecule has 1 aliphatic rings. The van der Waals surface area contributed by atoms with Crippen LogP contribution in [0.3, 0.4) is 0 Å². The zero-order valence-corrected chi connectivity index (χ0v) is 6.43. The Hall–Kier alpha value is -0.530. The first-order valence-corrected chi connectivity index (χ1v) is 4.02. The summed E-state index contributed by atoms with van der Waals surface area (Å²) in [5.74, 6) is -0.0264. The van der Waals surface area contributed by atoms with E-state index in [0.717, 1.165) is 6.42 Å². The number of rotatable bonds is 4. The Balaban J connectivity index is 1.90. The van der Waals surface area contributed by atoms with Crippen LogP contribution in [0.1, 0.15) is 39.0 Å². The molecule has 10 heavy (non-hydrogen) atoms. The van der Waals surface area contributed by atoms with Gasteiger partial charge < -0.3 is 4.74 Å². The van der Waals surface area contributed by atoms with Gasteiger partial charge in [-0.3, -0.25) is 4.79 Å². The Morgan fingerprint density at radius 3 is 2.80 bits per heavy atom. The van der Waals surface area contributed by atoms with Crippen molar-refractivity contribution < 1.29 is 9.53 Å². The van der Waals surface area contributed by atoms with Crippen LogP contribution in [0.5, 0.6) is 0 Å². The second-order valence-electron chi connectivity index (χ2n) is 2.81. The first-order chi connectivity index (χ1) is 4.83. The second kappa shape index (κ2) is 3.59. The molecular weight excluding hydrogens is 128 g/mol. The van der Waals surface area contributed by atoms with E-state index in [1.807, 2.05) is 0 Å². The summed E-state index contributed by atoms with van der Waals surface area (Å²) in [5, 5.41) is 0. The normalized spacial score (nSPS) is 23.7. The van der Waals surface area contributed by atoms with Crippen LogP contribution in [0, 0.1) is 0 Å². The summed E-state index contributed by atoms with van der Waals surface area (Å²) in [6, 6.07) is 0. The zero-order valence-electron chi connectivity index (χ0n) is 6.43. The van der Waals surface area contributed by atoms with Gasteiger partial charge in [-0.25, -0.2) is 0 Å². The van der Waals surface area contributed by atoms with E-state index < -0.39 is 0 Å².